The van der Waals surface area contributed by atoms with Crippen molar-refractivity contribution >= 4 is 25.0 Å². The molecule has 3 N–H and O–H groups in total. The average Bonchev–Trinajstić information content (AvgIpc) is 2.91. The van der Waals surface area contributed by atoms with Gasteiger partial charge < -0.3 is 15.1 Å². The predicted octanol–water partition coefficient (Wildman–Crippen LogP) is 7.09. The summed E-state index contributed by atoms with van der Waals surface area (Å²) in [4.78, 5) is 41.5. The maximum Gasteiger partial charge on any atom is 0.430 e. The molecule has 1 aromatic carbocycles. The Balaban J connectivity index is 2.19. The standard InChI is InChI=1S/C30H42N3O6P/c1-2-3-4-5-6-7-8-9-10-11-12-13-14-15-16-17-18-19-20-21-30(34)31-26-27-32(40(37,38)39)28-22-24-29(25-23-28)33(35)36/h3-4,6-7,9-10,12-13,15-16,18-19,22-25H,2,5,8,11,14,17,20-21,26-27H2,1H3,(H,31,34)(H2,37,38,39)/b4-3-,7-6-,10-9-,13-12-,16-15-,19-18-. The second-order valence-corrected chi connectivity index (χ2v) is 10.2. The molecule has 40 heavy (non-hydrogen) atoms. The second kappa shape index (κ2) is 21.3. The lowest BCUT2D eigenvalue weighted by Gasteiger charge is -2.25. The van der Waals surface area contributed by atoms with Gasteiger partial charge in [0.25, 0.3) is 5.69 Å². The molecule has 1 aromatic rings. The molecule has 0 spiro atoms. The molecule has 0 aliphatic heterocycles. The number of carbonyl (C=O) groups excluding carboxylic acids is 1. The molecule has 0 fully saturated rings. The van der Waals surface area contributed by atoms with Crippen molar-refractivity contribution in [3.63, 3.8) is 0 Å². The number of non-ortho nitro benzene ring substituents is 1. The lowest BCUT2D eigenvalue weighted by Crippen LogP contribution is -2.33. The van der Waals surface area contributed by atoms with E-state index < -0.39 is 12.7 Å². The van der Waals surface area contributed by atoms with E-state index in [1.54, 1.807) is 0 Å². The number of nitrogens with zero attached hydrogens (tertiary/aromatic N) is 2. The van der Waals surface area contributed by atoms with Gasteiger partial charge in [0, 0.05) is 37.3 Å². The summed E-state index contributed by atoms with van der Waals surface area (Å²) in [6.07, 6.45) is 31.9. The number of amides is 1. The largest absolute Gasteiger partial charge is 0.430 e. The topological polar surface area (TPSA) is 133 Å². The van der Waals surface area contributed by atoms with Gasteiger partial charge in [-0.3, -0.25) is 19.6 Å². The summed E-state index contributed by atoms with van der Waals surface area (Å²) >= 11 is 0. The van der Waals surface area contributed by atoms with E-state index in [2.05, 4.69) is 73.0 Å². The number of anilines is 1. The van der Waals surface area contributed by atoms with Crippen LogP contribution in [-0.2, 0) is 9.36 Å². The Hall–Kier alpha value is -3.52. The molecule has 0 aliphatic carbocycles. The van der Waals surface area contributed by atoms with Crippen LogP contribution < -0.4 is 9.99 Å². The van der Waals surface area contributed by atoms with Crippen molar-refractivity contribution in [3.8, 4) is 0 Å². The average molecular weight is 572 g/mol. The van der Waals surface area contributed by atoms with E-state index in [9.17, 15) is 29.3 Å². The summed E-state index contributed by atoms with van der Waals surface area (Å²) in [5.41, 5.74) is -0.0525. The Bertz CT molecular complexity index is 1100. The normalized spacial score (nSPS) is 12.7. The first-order chi connectivity index (χ1) is 19.3. The van der Waals surface area contributed by atoms with Crippen molar-refractivity contribution in [1.82, 2.24) is 5.32 Å². The third-order valence-electron chi connectivity index (χ3n) is 5.45. The van der Waals surface area contributed by atoms with E-state index in [-0.39, 0.29) is 36.8 Å². The van der Waals surface area contributed by atoms with Gasteiger partial charge in [-0.1, -0.05) is 79.8 Å². The van der Waals surface area contributed by atoms with Crippen LogP contribution in [0.25, 0.3) is 0 Å². The van der Waals surface area contributed by atoms with Gasteiger partial charge in [0.15, 0.2) is 0 Å². The first-order valence-electron chi connectivity index (χ1n) is 13.5. The highest BCUT2D eigenvalue weighted by Gasteiger charge is 2.26. The summed E-state index contributed by atoms with van der Waals surface area (Å²) in [6, 6.07) is 4.87. The minimum Gasteiger partial charge on any atom is -0.354 e. The van der Waals surface area contributed by atoms with Crippen LogP contribution in [-0.4, -0.2) is 33.7 Å². The fraction of sp³-hybridized carbons (Fsp3) is 0.367. The van der Waals surface area contributed by atoms with Crippen molar-refractivity contribution in [2.75, 3.05) is 17.8 Å². The van der Waals surface area contributed by atoms with Gasteiger partial charge in [0.1, 0.15) is 0 Å². The summed E-state index contributed by atoms with van der Waals surface area (Å²) in [6.45, 7) is 2.01. The zero-order valence-corrected chi connectivity index (χ0v) is 24.1. The van der Waals surface area contributed by atoms with E-state index in [1.807, 2.05) is 12.2 Å². The van der Waals surface area contributed by atoms with Gasteiger partial charge in [0.2, 0.25) is 5.91 Å². The summed E-state index contributed by atoms with van der Waals surface area (Å²) in [7, 11) is -4.67. The molecule has 218 valence electrons. The number of nitro benzene ring substituents is 1. The van der Waals surface area contributed by atoms with E-state index in [4.69, 9.17) is 0 Å². The van der Waals surface area contributed by atoms with E-state index in [0.717, 1.165) is 43.2 Å². The van der Waals surface area contributed by atoms with Crippen LogP contribution in [0.2, 0.25) is 0 Å². The Morgan fingerprint density at radius 2 is 1.30 bits per heavy atom. The zero-order valence-electron chi connectivity index (χ0n) is 23.2. The van der Waals surface area contributed by atoms with Gasteiger partial charge in [-0.2, -0.15) is 0 Å². The second-order valence-electron chi connectivity index (χ2n) is 8.71. The minimum atomic E-state index is -4.67. The van der Waals surface area contributed by atoms with Crippen LogP contribution in [0.3, 0.4) is 0 Å². The van der Waals surface area contributed by atoms with Gasteiger partial charge >= 0.3 is 7.75 Å². The zero-order chi connectivity index (χ0) is 29.5. The van der Waals surface area contributed by atoms with Crippen molar-refractivity contribution < 1.29 is 24.1 Å². The maximum absolute atomic E-state index is 12.0. The number of allylic oxidation sites excluding steroid dienone is 12. The number of hydrogen-bond donors (Lipinski definition) is 3. The molecule has 0 unspecified atom stereocenters. The molecule has 0 saturated heterocycles. The van der Waals surface area contributed by atoms with Gasteiger partial charge in [-0.05, 0) is 57.1 Å². The molecule has 1 rings (SSSR count). The van der Waals surface area contributed by atoms with Crippen LogP contribution in [0.1, 0.15) is 58.3 Å². The van der Waals surface area contributed by atoms with E-state index in [0.29, 0.717) is 6.42 Å². The maximum atomic E-state index is 12.0. The lowest BCUT2D eigenvalue weighted by atomic mass is 10.2. The molecule has 0 heterocycles. The van der Waals surface area contributed by atoms with Crippen LogP contribution in [0.15, 0.2) is 97.2 Å². The number of carbonyl (C=O) groups is 1. The molecule has 0 aromatic heterocycles. The fourth-order valence-corrected chi connectivity index (χ4v) is 4.19. The number of rotatable bonds is 20. The third-order valence-corrected chi connectivity index (χ3v) is 6.51. The first-order valence-corrected chi connectivity index (χ1v) is 15.1. The molecular formula is C30H42N3O6P. The van der Waals surface area contributed by atoms with Gasteiger partial charge in [-0.15, -0.1) is 0 Å². The minimum absolute atomic E-state index is 0.0185. The smallest absolute Gasteiger partial charge is 0.354 e. The summed E-state index contributed by atoms with van der Waals surface area (Å²) < 4.78 is 12.6. The molecule has 0 radical (unpaired) electrons. The Morgan fingerprint density at radius 3 is 1.73 bits per heavy atom. The number of nitrogens with one attached hydrogen (secondary N) is 1. The number of benzene rings is 1. The molecular weight excluding hydrogens is 529 g/mol. The molecule has 0 bridgehead atoms. The van der Waals surface area contributed by atoms with Gasteiger partial charge in [0.05, 0.1) is 4.92 Å². The Kier molecular flexibility index (Phi) is 18.4. The monoisotopic (exact) mass is 571 g/mol. The van der Waals surface area contributed by atoms with E-state index >= 15 is 0 Å². The lowest BCUT2D eigenvalue weighted by molar-refractivity contribution is -0.384. The molecule has 0 aliphatic rings. The Labute approximate surface area is 237 Å². The Morgan fingerprint density at radius 1 is 0.850 bits per heavy atom. The SMILES string of the molecule is CC/C=C\C/C=C\C/C=C\C/C=C\C/C=C\C/C=C\CCC(=O)NCCN(c1ccc([N+](=O)[O-])cc1)P(=O)(O)O. The van der Waals surface area contributed by atoms with Gasteiger partial charge in [-0.25, -0.2) is 4.57 Å². The predicted molar refractivity (Wildman–Crippen MR) is 163 cm³/mol. The van der Waals surface area contributed by atoms with Crippen molar-refractivity contribution in [2.45, 2.75) is 58.3 Å². The van der Waals surface area contributed by atoms with Crippen LogP contribution >= 0.6 is 7.75 Å². The molecule has 0 saturated carbocycles. The number of nitro groups is 1. The quantitative estimate of drug-likeness (QED) is 0.0659. The van der Waals surface area contributed by atoms with Crippen LogP contribution in [0.4, 0.5) is 11.4 Å². The highest BCUT2D eigenvalue weighted by Crippen LogP contribution is 2.43. The molecule has 1 amide bonds. The van der Waals surface area contributed by atoms with Crippen molar-refractivity contribution in [3.05, 3.63) is 107 Å². The van der Waals surface area contributed by atoms with Crippen molar-refractivity contribution in [1.29, 1.82) is 0 Å². The molecule has 0 atom stereocenters. The highest BCUT2D eigenvalue weighted by atomic mass is 31.2. The summed E-state index contributed by atoms with van der Waals surface area (Å²) in [5.74, 6) is -0.228. The van der Waals surface area contributed by atoms with Crippen LogP contribution in [0, 0.1) is 10.1 Å². The first kappa shape index (κ1) is 34.5. The summed E-state index contributed by atoms with van der Waals surface area (Å²) in [5, 5.41) is 13.4. The third kappa shape index (κ3) is 17.1. The highest BCUT2D eigenvalue weighted by molar-refractivity contribution is 7.53. The van der Waals surface area contributed by atoms with Crippen molar-refractivity contribution in [2.24, 2.45) is 0 Å². The molecule has 9 nitrogen and oxygen atoms in total. The number of hydrogen-bond acceptors (Lipinski definition) is 4. The van der Waals surface area contributed by atoms with Crippen LogP contribution in [0.5, 0.6) is 0 Å². The fourth-order valence-electron chi connectivity index (χ4n) is 3.40. The molecule has 10 heteroatoms. The van der Waals surface area contributed by atoms with E-state index in [1.165, 1.54) is 24.3 Å².